The van der Waals surface area contributed by atoms with Gasteiger partial charge >= 0.3 is 5.97 Å². The fraction of sp³-hybridized carbons (Fsp3) is 0.150. The van der Waals surface area contributed by atoms with Gasteiger partial charge in [0.1, 0.15) is 18.1 Å². The second-order valence-electron chi connectivity index (χ2n) is 6.84. The molecule has 0 unspecified atom stereocenters. The standard InChI is InChI=1S/C18H17N5O3.2CH4O3S/c19-22-9-12-1-2-14-8-15(4-3-13(14)7-12)26-18(24)17-6-5-16(25-17)10-21-11-23-20;2*1-5(2,3)4/h1-9,11H,10,19-20H2,(H,21,23);2*1H3,(H,2,3,4). The van der Waals surface area contributed by atoms with E-state index in [-0.39, 0.29) is 5.76 Å². The van der Waals surface area contributed by atoms with Crippen molar-refractivity contribution in [3.05, 3.63) is 65.6 Å². The summed E-state index contributed by atoms with van der Waals surface area (Å²) in [6.45, 7) is 0.393. The van der Waals surface area contributed by atoms with Crippen molar-refractivity contribution >= 4 is 49.5 Å². The van der Waals surface area contributed by atoms with Crippen LogP contribution in [0.4, 0.5) is 0 Å². The molecule has 0 atom stereocenters. The van der Waals surface area contributed by atoms with Gasteiger partial charge in [-0.3, -0.25) is 4.99 Å². The van der Waals surface area contributed by atoms with Crippen LogP contribution in [0, 0.1) is 0 Å². The first-order valence-electron chi connectivity index (χ1n) is 9.66. The van der Waals surface area contributed by atoms with Crippen LogP contribution in [0.5, 0.6) is 5.75 Å². The highest BCUT2D eigenvalue weighted by Crippen LogP contribution is 2.22. The van der Waals surface area contributed by atoms with E-state index in [1.54, 1.807) is 30.5 Å². The van der Waals surface area contributed by atoms with Gasteiger partial charge in [-0.2, -0.15) is 5.84 Å². The van der Waals surface area contributed by atoms with Crippen molar-refractivity contribution < 1.29 is 50.0 Å². The Labute approximate surface area is 207 Å². The Morgan fingerprint density at radius 1 is 1.03 bits per heavy atom. The maximum absolute atomic E-state index is 12.2. The van der Waals surface area contributed by atoms with Crippen molar-refractivity contribution in [2.75, 3.05) is 12.5 Å². The lowest BCUT2D eigenvalue weighted by atomic mass is 10.1. The highest BCUT2D eigenvalue weighted by Gasteiger charge is 2.14. The van der Waals surface area contributed by atoms with E-state index in [0.717, 1.165) is 16.3 Å². The van der Waals surface area contributed by atoms with Gasteiger partial charge in [-0.1, -0.05) is 12.1 Å². The largest absolute Gasteiger partial charge is 0.748 e. The van der Waals surface area contributed by atoms with E-state index in [9.17, 15) is 4.79 Å². The maximum atomic E-state index is 12.2. The quantitative estimate of drug-likeness (QED) is 0.0385. The minimum Gasteiger partial charge on any atom is -0.748 e. The maximum Gasteiger partial charge on any atom is 0.379 e. The summed E-state index contributed by atoms with van der Waals surface area (Å²) in [7, 11) is -7.83. The molecule has 36 heavy (non-hydrogen) atoms. The predicted molar refractivity (Wildman–Crippen MR) is 127 cm³/mol. The molecule has 0 fully saturated rings. The summed E-state index contributed by atoms with van der Waals surface area (Å²) < 4.78 is 65.3. The van der Waals surface area contributed by atoms with Crippen molar-refractivity contribution in [3.63, 3.8) is 0 Å². The predicted octanol–water partition coefficient (Wildman–Crippen LogP) is -3.58. The fourth-order valence-electron chi connectivity index (χ4n) is 2.44. The minimum atomic E-state index is -3.92. The summed E-state index contributed by atoms with van der Waals surface area (Å²) in [5.74, 6) is 11.0. The number of esters is 1. The molecule has 3 rings (SSSR count). The first-order valence-corrected chi connectivity index (χ1v) is 13.3. The Morgan fingerprint density at radius 2 is 1.61 bits per heavy atom. The summed E-state index contributed by atoms with van der Waals surface area (Å²) >= 11 is 0. The molecule has 1 heterocycles. The number of hydrazine groups is 2. The van der Waals surface area contributed by atoms with E-state index in [0.29, 0.717) is 30.6 Å². The topological polar surface area (TPSA) is 246 Å². The summed E-state index contributed by atoms with van der Waals surface area (Å²) in [6, 6.07) is 14.5. The first-order chi connectivity index (χ1) is 16.7. The molecule has 2 aromatic carbocycles. The molecule has 3 aromatic rings. The van der Waals surface area contributed by atoms with E-state index in [4.69, 9.17) is 46.8 Å². The van der Waals surface area contributed by atoms with Crippen LogP contribution in [-0.2, 0) is 26.8 Å². The summed E-state index contributed by atoms with van der Waals surface area (Å²) in [5, 5.41) is 4.45. The van der Waals surface area contributed by atoms with Gasteiger partial charge in [0.25, 0.3) is 0 Å². The fourth-order valence-corrected chi connectivity index (χ4v) is 2.44. The Kier molecular flexibility index (Phi) is 11.7. The average Bonchev–Trinajstić information content (AvgIpc) is 3.21. The van der Waals surface area contributed by atoms with Gasteiger partial charge < -0.3 is 18.3 Å². The number of carbonyl (C=O) groups is 1. The number of nitrogens with one attached hydrogen (secondary N) is 3. The smallest absolute Gasteiger partial charge is 0.379 e. The van der Waals surface area contributed by atoms with Crippen LogP contribution in [0.15, 0.2) is 52.9 Å². The van der Waals surface area contributed by atoms with Crippen LogP contribution >= 0.6 is 0 Å². The molecule has 196 valence electrons. The first kappa shape index (κ1) is 30.2. The van der Waals surface area contributed by atoms with Crippen molar-refractivity contribution in [1.29, 1.82) is 0 Å². The average molecular weight is 544 g/mol. The van der Waals surface area contributed by atoms with Gasteiger partial charge in [-0.25, -0.2) is 32.9 Å². The van der Waals surface area contributed by atoms with E-state index < -0.39 is 26.2 Å². The second-order valence-corrected chi connectivity index (χ2v) is 9.65. The molecule has 0 bridgehead atoms. The molecule has 14 nitrogen and oxygen atoms in total. The number of benzene rings is 2. The number of fused-ring (bicyclic) bond motifs is 1. The van der Waals surface area contributed by atoms with Crippen LogP contribution in [-0.4, -0.2) is 57.0 Å². The van der Waals surface area contributed by atoms with Crippen LogP contribution in [0.2, 0.25) is 0 Å². The molecule has 0 radical (unpaired) electrons. The molecule has 0 saturated heterocycles. The summed E-state index contributed by atoms with van der Waals surface area (Å²) in [4.78, 5) is 15.1. The van der Waals surface area contributed by atoms with Crippen molar-refractivity contribution in [2.24, 2.45) is 11.7 Å². The van der Waals surface area contributed by atoms with Gasteiger partial charge in [0.15, 0.2) is 6.21 Å². The van der Waals surface area contributed by atoms with Crippen molar-refractivity contribution in [2.45, 2.75) is 6.54 Å². The molecule has 16 heteroatoms. The number of ether oxygens (including phenoxy) is 1. The lowest BCUT2D eigenvalue weighted by molar-refractivity contribution is -0.475. The molecule has 0 aliphatic heterocycles. The second kappa shape index (κ2) is 13.9. The monoisotopic (exact) mass is 543 g/mol. The molecule has 0 aliphatic rings. The van der Waals surface area contributed by atoms with Gasteiger partial charge in [-0.05, 0) is 47.2 Å². The van der Waals surface area contributed by atoms with Gasteiger partial charge in [0, 0.05) is 18.1 Å². The third-order valence-electron chi connectivity index (χ3n) is 3.62. The lowest BCUT2D eigenvalue weighted by Crippen LogP contribution is -2.76. The normalized spacial score (nSPS) is 11.5. The number of nitrogens with two attached hydrogens (primary N) is 2. The number of hydrogen-bond donors (Lipinski definition) is 5. The number of furan rings is 1. The van der Waals surface area contributed by atoms with E-state index >= 15 is 0 Å². The third-order valence-corrected chi connectivity index (χ3v) is 3.62. The minimum absolute atomic E-state index is 0.126. The molecule has 7 N–H and O–H groups in total. The van der Waals surface area contributed by atoms with Crippen LogP contribution in [0.1, 0.15) is 21.9 Å². The third kappa shape index (κ3) is 13.8. The Balaban J connectivity index is 0.000000550. The molecule has 1 aromatic heterocycles. The molecule has 0 spiro atoms. The van der Waals surface area contributed by atoms with E-state index in [2.05, 4.69) is 15.5 Å². The molecular weight excluding hydrogens is 518 g/mol. The molecule has 0 saturated carbocycles. The highest BCUT2D eigenvalue weighted by atomic mass is 32.2. The van der Waals surface area contributed by atoms with Gasteiger partial charge in [0.05, 0.1) is 20.2 Å². The molecular formula is C20H25N5O9S2. The Hall–Kier alpha value is -3.83. The lowest BCUT2D eigenvalue weighted by Gasteiger charge is -2.04. The van der Waals surface area contributed by atoms with Crippen molar-refractivity contribution in [1.82, 2.24) is 5.43 Å². The van der Waals surface area contributed by atoms with Crippen LogP contribution in [0.3, 0.4) is 0 Å². The van der Waals surface area contributed by atoms with Gasteiger partial charge in [-0.15, -0.1) is 5.10 Å². The van der Waals surface area contributed by atoms with E-state index in [1.165, 1.54) is 6.34 Å². The molecule has 0 aliphatic carbocycles. The zero-order chi connectivity index (χ0) is 27.4. The SMILES string of the molecule is CS(=O)(=O)[O-].CS(=O)(=O)[O-].NNC=[NH+]Cc1ccc(C(=O)Oc2ccc3cc(C=[NH+]N)ccc3c2)o1. The summed E-state index contributed by atoms with van der Waals surface area (Å²) in [5.41, 5.74) is 3.29. The molecule has 0 amide bonds. The Bertz CT molecular complexity index is 1390. The Morgan fingerprint density at radius 3 is 2.19 bits per heavy atom. The van der Waals surface area contributed by atoms with Gasteiger partial charge in [0.2, 0.25) is 12.1 Å². The number of hydrazone groups is 1. The highest BCUT2D eigenvalue weighted by molar-refractivity contribution is 7.85. The van der Waals surface area contributed by atoms with Crippen LogP contribution < -0.4 is 31.9 Å². The summed E-state index contributed by atoms with van der Waals surface area (Å²) in [6.07, 6.45) is 4.36. The van der Waals surface area contributed by atoms with Crippen molar-refractivity contribution in [3.8, 4) is 5.75 Å². The number of hydrogen-bond acceptors (Lipinski definition) is 11. The van der Waals surface area contributed by atoms with Crippen LogP contribution in [0.25, 0.3) is 10.8 Å². The number of rotatable bonds is 6. The number of carbonyl (C=O) groups excluding carboxylic acids is 1. The van der Waals surface area contributed by atoms with E-state index in [1.807, 2.05) is 24.3 Å². The zero-order valence-corrected chi connectivity index (χ0v) is 20.8. The zero-order valence-electron chi connectivity index (χ0n) is 19.1.